The van der Waals surface area contributed by atoms with Gasteiger partial charge in [-0.1, -0.05) is 103 Å². The Morgan fingerprint density at radius 1 is 0.659 bits per heavy atom. The Bertz CT molecular complexity index is 1970. The molecule has 0 atom stereocenters. The molecule has 0 saturated carbocycles. The summed E-state index contributed by atoms with van der Waals surface area (Å²) in [5.41, 5.74) is -0.602. The smallest absolute Gasteiger partial charge is 0.279 e. The first-order valence-corrected chi connectivity index (χ1v) is 13.8. The maximum absolute atomic E-state index is 14.4. The van der Waals surface area contributed by atoms with Gasteiger partial charge in [0, 0.05) is 17.7 Å². The van der Waals surface area contributed by atoms with Crippen LogP contribution >= 0.6 is 11.6 Å². The Hall–Kier alpha value is -5.29. The maximum Gasteiger partial charge on any atom is 0.332 e. The third-order valence-electron chi connectivity index (χ3n) is 7.28. The minimum atomic E-state index is -1.37. The van der Waals surface area contributed by atoms with Crippen LogP contribution in [0, 0.1) is 17.5 Å². The van der Waals surface area contributed by atoms with E-state index >= 15 is 0 Å². The molecule has 0 aliphatic rings. The number of rotatable bonds is 8. The van der Waals surface area contributed by atoms with Gasteiger partial charge in [0.25, 0.3) is 5.56 Å². The lowest BCUT2D eigenvalue weighted by Gasteiger charge is -2.34. The summed E-state index contributed by atoms with van der Waals surface area (Å²) in [6, 6.07) is 30.8. The zero-order valence-corrected chi connectivity index (χ0v) is 23.6. The van der Waals surface area contributed by atoms with Crippen LogP contribution in [-0.4, -0.2) is 29.3 Å². The van der Waals surface area contributed by atoms with E-state index in [1.165, 1.54) is 4.80 Å². The van der Waals surface area contributed by atoms with Crippen molar-refractivity contribution < 1.29 is 13.2 Å². The lowest BCUT2D eigenvalue weighted by molar-refractivity contribution is 0.393. The van der Waals surface area contributed by atoms with Gasteiger partial charge in [-0.25, -0.2) is 18.0 Å². The van der Waals surface area contributed by atoms with Gasteiger partial charge in [0.05, 0.1) is 13.1 Å². The van der Waals surface area contributed by atoms with Crippen molar-refractivity contribution in [3.63, 3.8) is 0 Å². The molecule has 0 fully saturated rings. The first-order chi connectivity index (χ1) is 21.3. The predicted molar refractivity (Wildman–Crippen MR) is 157 cm³/mol. The fraction of sp³-hybridized carbons (Fsp3) is 0.0938. The molecule has 0 saturated heterocycles. The van der Waals surface area contributed by atoms with Crippen LogP contribution in [0.25, 0.3) is 0 Å². The average Bonchev–Trinajstić information content (AvgIpc) is 3.50. The van der Waals surface area contributed by atoms with Crippen molar-refractivity contribution in [3.05, 3.63) is 181 Å². The van der Waals surface area contributed by atoms with Gasteiger partial charge in [-0.2, -0.15) is 0 Å². The zero-order chi connectivity index (χ0) is 30.8. The molecule has 0 radical (unpaired) electrons. The summed E-state index contributed by atoms with van der Waals surface area (Å²) >= 11 is 6.16. The molecule has 0 amide bonds. The van der Waals surface area contributed by atoms with Crippen LogP contribution in [-0.2, 0) is 18.6 Å². The molecule has 0 aliphatic carbocycles. The van der Waals surface area contributed by atoms with Gasteiger partial charge in [-0.15, -0.1) is 15.0 Å². The van der Waals surface area contributed by atoms with E-state index in [1.54, 1.807) is 0 Å². The monoisotopic (exact) mass is 614 g/mol. The van der Waals surface area contributed by atoms with Crippen LogP contribution in [0.4, 0.5) is 13.2 Å². The molecule has 8 nitrogen and oxygen atoms in total. The Morgan fingerprint density at radius 2 is 1.18 bits per heavy atom. The Morgan fingerprint density at radius 3 is 1.73 bits per heavy atom. The van der Waals surface area contributed by atoms with Crippen LogP contribution in [0.2, 0.25) is 5.15 Å². The minimum absolute atomic E-state index is 0.0317. The van der Waals surface area contributed by atoms with Gasteiger partial charge >= 0.3 is 5.69 Å². The standard InChI is InChI=1S/C32H22ClF3N6O2/c33-28-18-30(43)41(31(44)40(28)19-21-16-26(35)27(36)17-25(21)34)20-29-37-39-42(38-29)32(22-10-4-1-5-11-22,23-12-6-2-7-13-23)24-14-8-3-9-15-24/h1-18H,19-20H2. The minimum Gasteiger partial charge on any atom is -0.279 e. The SMILES string of the molecule is O=c1cc(Cl)n(Cc2cc(F)c(F)cc2F)c(=O)n1Cc1nnn(C(c2ccccc2)(c2ccccc2)c2ccccc2)n1. The largest absolute Gasteiger partial charge is 0.332 e. The number of hydrogen-bond donors (Lipinski definition) is 0. The van der Waals surface area contributed by atoms with Crippen LogP contribution in [0.3, 0.4) is 0 Å². The lowest BCUT2D eigenvalue weighted by Crippen LogP contribution is -2.41. The number of benzene rings is 4. The number of aromatic nitrogens is 6. The van der Waals surface area contributed by atoms with E-state index in [9.17, 15) is 22.8 Å². The highest BCUT2D eigenvalue weighted by atomic mass is 35.5. The summed E-state index contributed by atoms with van der Waals surface area (Å²) < 4.78 is 43.3. The molecule has 2 aromatic heterocycles. The molecule has 0 aliphatic heterocycles. The van der Waals surface area contributed by atoms with Gasteiger partial charge in [0.1, 0.15) is 11.0 Å². The Kier molecular flexibility index (Phi) is 7.71. The summed E-state index contributed by atoms with van der Waals surface area (Å²) in [7, 11) is 0. The topological polar surface area (TPSA) is 87.6 Å². The van der Waals surface area contributed by atoms with Crippen molar-refractivity contribution in [1.82, 2.24) is 29.3 Å². The molecule has 6 rings (SSSR count). The molecule has 0 spiro atoms. The van der Waals surface area contributed by atoms with E-state index in [0.717, 1.165) is 31.9 Å². The quantitative estimate of drug-likeness (QED) is 0.137. The Labute approximate surface area is 253 Å². The highest BCUT2D eigenvalue weighted by Gasteiger charge is 2.41. The molecule has 220 valence electrons. The van der Waals surface area contributed by atoms with E-state index in [4.69, 9.17) is 11.6 Å². The first kappa shape index (κ1) is 28.8. The van der Waals surface area contributed by atoms with E-state index < -0.39 is 47.3 Å². The van der Waals surface area contributed by atoms with Crippen molar-refractivity contribution >= 4 is 11.6 Å². The molecule has 4 aromatic carbocycles. The molecule has 0 N–H and O–H groups in total. The normalized spacial score (nSPS) is 11.5. The van der Waals surface area contributed by atoms with E-state index in [0.29, 0.717) is 12.1 Å². The molecule has 6 aromatic rings. The van der Waals surface area contributed by atoms with Crippen LogP contribution in [0.1, 0.15) is 28.1 Å². The lowest BCUT2D eigenvalue weighted by atomic mass is 9.77. The number of hydrogen-bond acceptors (Lipinski definition) is 5. The van der Waals surface area contributed by atoms with Gasteiger partial charge in [0.15, 0.2) is 23.0 Å². The first-order valence-electron chi connectivity index (χ1n) is 13.4. The van der Waals surface area contributed by atoms with Crippen molar-refractivity contribution in [2.45, 2.75) is 18.6 Å². The summed E-state index contributed by atoms with van der Waals surface area (Å²) in [6.07, 6.45) is 0. The molecule has 2 heterocycles. The van der Waals surface area contributed by atoms with Crippen LogP contribution in [0.15, 0.2) is 119 Å². The van der Waals surface area contributed by atoms with E-state index in [2.05, 4.69) is 15.4 Å². The second-order valence-corrected chi connectivity index (χ2v) is 10.3. The summed E-state index contributed by atoms with van der Waals surface area (Å²) in [6.45, 7) is -0.955. The van der Waals surface area contributed by atoms with E-state index in [1.807, 2.05) is 91.0 Å². The maximum atomic E-state index is 14.4. The summed E-state index contributed by atoms with van der Waals surface area (Å²) in [4.78, 5) is 27.8. The fourth-order valence-electron chi connectivity index (χ4n) is 5.21. The number of nitrogens with zero attached hydrogens (tertiary/aromatic N) is 6. The molecular weight excluding hydrogens is 593 g/mol. The van der Waals surface area contributed by atoms with Crippen molar-refractivity contribution in [2.75, 3.05) is 0 Å². The average molecular weight is 615 g/mol. The second kappa shape index (κ2) is 11.8. The molecule has 44 heavy (non-hydrogen) atoms. The molecule has 0 bridgehead atoms. The summed E-state index contributed by atoms with van der Waals surface area (Å²) in [5, 5.41) is 13.0. The summed E-state index contributed by atoms with van der Waals surface area (Å²) in [5.74, 6) is -3.71. The van der Waals surface area contributed by atoms with Crippen LogP contribution < -0.4 is 11.2 Å². The third kappa shape index (κ3) is 5.11. The highest BCUT2D eigenvalue weighted by molar-refractivity contribution is 6.29. The van der Waals surface area contributed by atoms with Gasteiger partial charge < -0.3 is 0 Å². The predicted octanol–water partition coefficient (Wildman–Crippen LogP) is 5.00. The third-order valence-corrected chi connectivity index (χ3v) is 7.59. The fourth-order valence-corrected chi connectivity index (χ4v) is 5.43. The van der Waals surface area contributed by atoms with Crippen molar-refractivity contribution in [3.8, 4) is 0 Å². The highest BCUT2D eigenvalue weighted by Crippen LogP contribution is 2.39. The Balaban J connectivity index is 1.46. The number of halogens is 4. The zero-order valence-electron chi connectivity index (χ0n) is 22.8. The van der Waals surface area contributed by atoms with Gasteiger partial charge in [0.2, 0.25) is 0 Å². The molecule has 0 unspecified atom stereocenters. The van der Waals surface area contributed by atoms with E-state index in [-0.39, 0.29) is 16.5 Å². The van der Waals surface area contributed by atoms with Crippen molar-refractivity contribution in [2.24, 2.45) is 0 Å². The second-order valence-electron chi connectivity index (χ2n) is 9.92. The number of tetrazole rings is 1. The molecule has 12 heteroatoms. The van der Waals surface area contributed by atoms with Crippen molar-refractivity contribution in [1.29, 1.82) is 0 Å². The molecular formula is C32H22ClF3N6O2. The van der Waals surface area contributed by atoms with Gasteiger partial charge in [-0.3, -0.25) is 13.9 Å². The van der Waals surface area contributed by atoms with Crippen LogP contribution in [0.5, 0.6) is 0 Å². The van der Waals surface area contributed by atoms with Gasteiger partial charge in [-0.05, 0) is 28.0 Å².